The van der Waals surface area contributed by atoms with Gasteiger partial charge in [-0.1, -0.05) is 27.5 Å². The number of methoxy groups -OCH3 is 1. The second kappa shape index (κ2) is 9.11. The van der Waals surface area contributed by atoms with Gasteiger partial charge in [-0.25, -0.2) is 9.78 Å². The Hall–Kier alpha value is -2.97. The first-order chi connectivity index (χ1) is 16.0. The quantitative estimate of drug-likeness (QED) is 0.373. The second-order valence-electron chi connectivity index (χ2n) is 7.93. The average molecular weight is 529 g/mol. The van der Waals surface area contributed by atoms with Crippen LogP contribution in [0.15, 0.2) is 59.2 Å². The molecule has 4 aromatic rings. The van der Waals surface area contributed by atoms with Gasteiger partial charge in [0.05, 0.1) is 29.3 Å². The van der Waals surface area contributed by atoms with Crippen LogP contribution in [-0.2, 0) is 0 Å². The number of halogens is 2. The van der Waals surface area contributed by atoms with Gasteiger partial charge in [-0.05, 0) is 55.0 Å². The third-order valence-corrected chi connectivity index (χ3v) is 6.62. The van der Waals surface area contributed by atoms with Crippen LogP contribution in [0.1, 0.15) is 6.42 Å². The van der Waals surface area contributed by atoms with Gasteiger partial charge in [-0.3, -0.25) is 0 Å². The molecule has 1 saturated heterocycles. The number of hydrogen-bond acceptors (Lipinski definition) is 4. The van der Waals surface area contributed by atoms with Gasteiger partial charge >= 0.3 is 6.03 Å². The van der Waals surface area contributed by atoms with E-state index < -0.39 is 0 Å². The molecule has 7 nitrogen and oxygen atoms in total. The largest absolute Gasteiger partial charge is 0.495 e. The second-order valence-corrected chi connectivity index (χ2v) is 9.29. The molecule has 2 aromatic carbocycles. The SMILES string of the molecule is COc1ccc(Cl)cc1NC(=O)N1CCCN(c2nc3cc(Br)ccc3n3cccc23)CC1. The number of amides is 2. The van der Waals surface area contributed by atoms with E-state index in [2.05, 4.69) is 48.9 Å². The number of fused-ring (bicyclic) bond motifs is 3. The van der Waals surface area contributed by atoms with Crippen molar-refractivity contribution in [3.63, 3.8) is 0 Å². The summed E-state index contributed by atoms with van der Waals surface area (Å²) in [5.74, 6) is 1.51. The highest BCUT2D eigenvalue weighted by Gasteiger charge is 2.23. The van der Waals surface area contributed by atoms with E-state index in [9.17, 15) is 4.79 Å². The third-order valence-electron chi connectivity index (χ3n) is 5.89. The molecule has 9 heteroatoms. The number of nitrogens with zero attached hydrogens (tertiary/aromatic N) is 4. The summed E-state index contributed by atoms with van der Waals surface area (Å²) < 4.78 is 8.52. The Morgan fingerprint density at radius 2 is 1.97 bits per heavy atom. The molecular weight excluding hydrogens is 506 g/mol. The van der Waals surface area contributed by atoms with E-state index in [0.29, 0.717) is 36.1 Å². The normalized spacial score (nSPS) is 14.5. The highest BCUT2D eigenvalue weighted by molar-refractivity contribution is 9.10. The molecule has 0 atom stereocenters. The van der Waals surface area contributed by atoms with Crippen molar-refractivity contribution in [2.45, 2.75) is 6.42 Å². The zero-order valence-corrected chi connectivity index (χ0v) is 20.4. The van der Waals surface area contributed by atoms with Crippen molar-refractivity contribution >= 4 is 61.6 Å². The third kappa shape index (κ3) is 4.32. The molecular formula is C24H23BrClN5O2. The lowest BCUT2D eigenvalue weighted by Crippen LogP contribution is -2.38. The lowest BCUT2D eigenvalue weighted by Gasteiger charge is -2.24. The van der Waals surface area contributed by atoms with Crippen LogP contribution in [0.5, 0.6) is 5.75 Å². The lowest BCUT2D eigenvalue weighted by molar-refractivity contribution is 0.215. The number of carbonyl (C=O) groups is 1. The van der Waals surface area contributed by atoms with Gasteiger partial charge in [0.2, 0.25) is 0 Å². The summed E-state index contributed by atoms with van der Waals surface area (Å²) >= 11 is 9.66. The molecule has 0 aliphatic carbocycles. The summed E-state index contributed by atoms with van der Waals surface area (Å²) in [6.45, 7) is 2.74. The molecule has 5 rings (SSSR count). The summed E-state index contributed by atoms with van der Waals surface area (Å²) in [6.07, 6.45) is 2.90. The zero-order valence-electron chi connectivity index (χ0n) is 18.1. The van der Waals surface area contributed by atoms with Gasteiger partial charge in [-0.15, -0.1) is 0 Å². The fourth-order valence-electron chi connectivity index (χ4n) is 4.27. The van der Waals surface area contributed by atoms with E-state index in [0.717, 1.165) is 39.8 Å². The summed E-state index contributed by atoms with van der Waals surface area (Å²) in [5.41, 5.74) is 3.61. The van der Waals surface area contributed by atoms with Gasteiger partial charge < -0.3 is 24.3 Å². The minimum absolute atomic E-state index is 0.166. The number of hydrogen-bond donors (Lipinski definition) is 1. The Labute approximate surface area is 205 Å². The van der Waals surface area contributed by atoms with E-state index in [1.807, 2.05) is 23.1 Å². The van der Waals surface area contributed by atoms with Gasteiger partial charge in [0.25, 0.3) is 0 Å². The smallest absolute Gasteiger partial charge is 0.322 e. The topological polar surface area (TPSA) is 62.1 Å². The number of rotatable bonds is 3. The maximum atomic E-state index is 13.0. The average Bonchev–Trinajstić information content (AvgIpc) is 3.16. The molecule has 1 N–H and O–H groups in total. The maximum Gasteiger partial charge on any atom is 0.322 e. The molecule has 0 radical (unpaired) electrons. The van der Waals surface area contributed by atoms with Crippen LogP contribution in [0.4, 0.5) is 16.3 Å². The molecule has 2 amide bonds. The Balaban J connectivity index is 1.37. The molecule has 1 fully saturated rings. The summed E-state index contributed by atoms with van der Waals surface area (Å²) in [5, 5.41) is 3.48. The monoisotopic (exact) mass is 527 g/mol. The summed E-state index contributed by atoms with van der Waals surface area (Å²) in [7, 11) is 1.57. The number of benzene rings is 2. The molecule has 3 heterocycles. The number of nitrogens with one attached hydrogen (secondary N) is 1. The van der Waals surface area contributed by atoms with Crippen LogP contribution in [0.3, 0.4) is 0 Å². The van der Waals surface area contributed by atoms with Gasteiger partial charge in [0, 0.05) is 41.9 Å². The van der Waals surface area contributed by atoms with Gasteiger partial charge in [0.15, 0.2) is 5.82 Å². The summed E-state index contributed by atoms with van der Waals surface area (Å²) in [6, 6.07) is 15.3. The van der Waals surface area contributed by atoms with Crippen molar-refractivity contribution < 1.29 is 9.53 Å². The molecule has 33 heavy (non-hydrogen) atoms. The summed E-state index contributed by atoms with van der Waals surface area (Å²) in [4.78, 5) is 22.1. The van der Waals surface area contributed by atoms with E-state index >= 15 is 0 Å². The number of ether oxygens (including phenoxy) is 1. The Morgan fingerprint density at radius 1 is 1.09 bits per heavy atom. The zero-order chi connectivity index (χ0) is 22.9. The first kappa shape index (κ1) is 21.9. The van der Waals surface area contributed by atoms with E-state index in [1.165, 1.54) is 0 Å². The highest BCUT2D eigenvalue weighted by Crippen LogP contribution is 2.29. The standard InChI is InChI=1S/C24H23BrClN5O2/c1-33-22-8-6-17(26)15-19(22)28-24(32)30-10-3-9-29(12-13-30)23-21-4-2-11-31(21)20-7-5-16(25)14-18(20)27-23/h2,4-8,11,14-15H,3,9-10,12-13H2,1H3,(H,28,32). The molecule has 0 spiro atoms. The predicted octanol–water partition coefficient (Wildman–Crippen LogP) is 5.66. The van der Waals surface area contributed by atoms with Crippen molar-refractivity contribution in [1.29, 1.82) is 0 Å². The van der Waals surface area contributed by atoms with Crippen LogP contribution < -0.4 is 15.0 Å². The maximum absolute atomic E-state index is 13.0. The van der Waals surface area contributed by atoms with E-state index in [1.54, 1.807) is 25.3 Å². The van der Waals surface area contributed by atoms with Crippen molar-refractivity contribution in [1.82, 2.24) is 14.3 Å². The molecule has 0 bridgehead atoms. The predicted molar refractivity (Wildman–Crippen MR) is 136 cm³/mol. The number of aromatic nitrogens is 2. The molecule has 0 unspecified atom stereocenters. The number of anilines is 2. The van der Waals surface area contributed by atoms with E-state index in [-0.39, 0.29) is 6.03 Å². The highest BCUT2D eigenvalue weighted by atomic mass is 79.9. The number of urea groups is 1. The Kier molecular flexibility index (Phi) is 6.03. The molecule has 0 saturated carbocycles. The van der Waals surface area contributed by atoms with Crippen molar-refractivity contribution in [3.05, 3.63) is 64.2 Å². The minimum atomic E-state index is -0.166. The van der Waals surface area contributed by atoms with Crippen LogP contribution in [-0.4, -0.2) is 53.6 Å². The fourth-order valence-corrected chi connectivity index (χ4v) is 4.79. The Bertz CT molecular complexity index is 1340. The van der Waals surface area contributed by atoms with Crippen LogP contribution in [0.2, 0.25) is 5.02 Å². The van der Waals surface area contributed by atoms with Gasteiger partial charge in [0.1, 0.15) is 5.75 Å². The first-order valence-corrected chi connectivity index (χ1v) is 11.9. The van der Waals surface area contributed by atoms with E-state index in [4.69, 9.17) is 21.3 Å². The van der Waals surface area contributed by atoms with Crippen LogP contribution in [0, 0.1) is 0 Å². The lowest BCUT2D eigenvalue weighted by atomic mass is 10.3. The minimum Gasteiger partial charge on any atom is -0.495 e. The van der Waals surface area contributed by atoms with Crippen molar-refractivity contribution in [2.75, 3.05) is 43.5 Å². The van der Waals surface area contributed by atoms with Crippen LogP contribution >= 0.6 is 27.5 Å². The molecule has 1 aliphatic rings. The van der Waals surface area contributed by atoms with Crippen molar-refractivity contribution in [2.24, 2.45) is 0 Å². The Morgan fingerprint density at radius 3 is 2.82 bits per heavy atom. The number of carbonyl (C=O) groups excluding carboxylic acids is 1. The van der Waals surface area contributed by atoms with Gasteiger partial charge in [-0.2, -0.15) is 0 Å². The molecule has 1 aliphatic heterocycles. The fraction of sp³-hybridized carbons (Fsp3) is 0.250. The first-order valence-electron chi connectivity index (χ1n) is 10.7. The molecule has 170 valence electrons. The van der Waals surface area contributed by atoms with Crippen molar-refractivity contribution in [3.8, 4) is 5.75 Å². The molecule has 2 aromatic heterocycles. The van der Waals surface area contributed by atoms with Crippen LogP contribution in [0.25, 0.3) is 16.6 Å².